The molecule has 1 heterocycles. The molecule has 3 fully saturated rings. The van der Waals surface area contributed by atoms with Gasteiger partial charge in [0.15, 0.2) is 0 Å². The molecule has 3 rings (SSSR count). The van der Waals surface area contributed by atoms with Crippen LogP contribution in [0.1, 0.15) is 64.7 Å². The van der Waals surface area contributed by atoms with E-state index in [2.05, 4.69) is 17.1 Å². The lowest BCUT2D eigenvalue weighted by molar-refractivity contribution is 0.0297. The number of piperidine rings is 1. The molecule has 0 radical (unpaired) electrons. The van der Waals surface area contributed by atoms with Gasteiger partial charge in [-0.1, -0.05) is 26.2 Å². The summed E-state index contributed by atoms with van der Waals surface area (Å²) in [7, 11) is 0. The third-order valence-corrected chi connectivity index (χ3v) is 5.61. The van der Waals surface area contributed by atoms with Crippen molar-refractivity contribution >= 4 is 0 Å². The highest BCUT2D eigenvalue weighted by Gasteiger charge is 2.38. The maximum absolute atomic E-state index is 10.3. The van der Waals surface area contributed by atoms with Gasteiger partial charge in [0.1, 0.15) is 0 Å². The van der Waals surface area contributed by atoms with E-state index < -0.39 is 0 Å². The van der Waals surface area contributed by atoms with Crippen LogP contribution in [0.3, 0.4) is 0 Å². The average molecular weight is 280 g/mol. The van der Waals surface area contributed by atoms with Crippen molar-refractivity contribution in [2.75, 3.05) is 13.1 Å². The molecular formula is C17H32N2O. The highest BCUT2D eigenvalue weighted by atomic mass is 16.3. The SMILES string of the molecule is CCC(O)C1CC(NC2CCCCC2)CN(C2CC2)C1. The Labute approximate surface area is 124 Å². The van der Waals surface area contributed by atoms with Crippen LogP contribution in [0.4, 0.5) is 0 Å². The quantitative estimate of drug-likeness (QED) is 0.812. The molecular weight excluding hydrogens is 248 g/mol. The van der Waals surface area contributed by atoms with E-state index in [4.69, 9.17) is 0 Å². The largest absolute Gasteiger partial charge is 0.393 e. The summed E-state index contributed by atoms with van der Waals surface area (Å²) in [5.41, 5.74) is 0. The van der Waals surface area contributed by atoms with E-state index >= 15 is 0 Å². The lowest BCUT2D eigenvalue weighted by Crippen LogP contribution is -2.54. The van der Waals surface area contributed by atoms with Gasteiger partial charge >= 0.3 is 0 Å². The second-order valence-electron chi connectivity index (χ2n) is 7.35. The van der Waals surface area contributed by atoms with Gasteiger partial charge in [0.25, 0.3) is 0 Å². The first-order valence-corrected chi connectivity index (χ1v) is 8.94. The van der Waals surface area contributed by atoms with Gasteiger partial charge in [-0.15, -0.1) is 0 Å². The van der Waals surface area contributed by atoms with Crippen molar-refractivity contribution in [2.24, 2.45) is 5.92 Å². The zero-order chi connectivity index (χ0) is 13.9. The molecule has 3 nitrogen and oxygen atoms in total. The number of aliphatic hydroxyl groups is 1. The van der Waals surface area contributed by atoms with Crippen molar-refractivity contribution in [3.05, 3.63) is 0 Å². The Morgan fingerprint density at radius 1 is 1.05 bits per heavy atom. The molecule has 0 bridgehead atoms. The molecule has 2 aliphatic carbocycles. The molecule has 116 valence electrons. The van der Waals surface area contributed by atoms with Crippen LogP contribution >= 0.6 is 0 Å². The first-order chi connectivity index (χ1) is 9.76. The summed E-state index contributed by atoms with van der Waals surface area (Å²) in [5, 5.41) is 14.2. The molecule has 0 aromatic rings. The molecule has 3 unspecified atom stereocenters. The molecule has 3 aliphatic rings. The summed E-state index contributed by atoms with van der Waals surface area (Å²) in [6.07, 6.45) is 11.7. The van der Waals surface area contributed by atoms with Crippen LogP contribution in [0.25, 0.3) is 0 Å². The van der Waals surface area contributed by atoms with E-state index in [1.165, 1.54) is 57.9 Å². The third-order valence-electron chi connectivity index (χ3n) is 5.61. The fraction of sp³-hybridized carbons (Fsp3) is 1.00. The molecule has 0 amide bonds. The molecule has 3 heteroatoms. The monoisotopic (exact) mass is 280 g/mol. The highest BCUT2D eigenvalue weighted by Crippen LogP contribution is 2.33. The summed E-state index contributed by atoms with van der Waals surface area (Å²) in [5.74, 6) is 0.482. The molecule has 0 aromatic carbocycles. The van der Waals surface area contributed by atoms with Gasteiger partial charge < -0.3 is 10.4 Å². The van der Waals surface area contributed by atoms with Crippen molar-refractivity contribution in [1.82, 2.24) is 10.2 Å². The lowest BCUT2D eigenvalue weighted by atomic mass is 9.87. The van der Waals surface area contributed by atoms with Gasteiger partial charge in [-0.2, -0.15) is 0 Å². The summed E-state index contributed by atoms with van der Waals surface area (Å²) < 4.78 is 0. The van der Waals surface area contributed by atoms with Crippen LogP contribution in [0.2, 0.25) is 0 Å². The zero-order valence-corrected chi connectivity index (χ0v) is 13.1. The minimum absolute atomic E-state index is 0.104. The van der Waals surface area contributed by atoms with Crippen LogP contribution in [-0.4, -0.2) is 47.3 Å². The normalized spacial score (nSPS) is 35.1. The number of aliphatic hydroxyl groups excluding tert-OH is 1. The van der Waals surface area contributed by atoms with Crippen molar-refractivity contribution in [2.45, 2.75) is 88.9 Å². The van der Waals surface area contributed by atoms with Crippen LogP contribution in [0.15, 0.2) is 0 Å². The first kappa shape index (κ1) is 14.8. The Morgan fingerprint density at radius 3 is 2.45 bits per heavy atom. The molecule has 1 aliphatic heterocycles. The number of nitrogens with one attached hydrogen (secondary N) is 1. The predicted octanol–water partition coefficient (Wildman–Crippen LogP) is 2.53. The van der Waals surface area contributed by atoms with Gasteiger partial charge in [0, 0.05) is 31.2 Å². The summed E-state index contributed by atoms with van der Waals surface area (Å²) in [6.45, 7) is 4.46. The Balaban J connectivity index is 1.56. The number of likely N-dealkylation sites (tertiary alicyclic amines) is 1. The van der Waals surface area contributed by atoms with Gasteiger partial charge in [-0.25, -0.2) is 0 Å². The number of rotatable bonds is 5. The van der Waals surface area contributed by atoms with Crippen LogP contribution in [0.5, 0.6) is 0 Å². The van der Waals surface area contributed by atoms with E-state index in [0.717, 1.165) is 25.0 Å². The fourth-order valence-corrected chi connectivity index (χ4v) is 4.25. The standard InChI is InChI=1S/C17H32N2O/c1-2-17(20)13-10-15(12-19(11-13)16-8-9-16)18-14-6-4-3-5-7-14/h13-18,20H,2-12H2,1H3. The van der Waals surface area contributed by atoms with E-state index in [9.17, 15) is 5.11 Å². The Kier molecular flexibility index (Phi) is 5.00. The second kappa shape index (κ2) is 6.76. The summed E-state index contributed by atoms with van der Waals surface area (Å²) in [6, 6.07) is 2.18. The van der Waals surface area contributed by atoms with Gasteiger partial charge in [-0.05, 0) is 44.4 Å². The Hall–Kier alpha value is -0.120. The topological polar surface area (TPSA) is 35.5 Å². The van der Waals surface area contributed by atoms with Crippen molar-refractivity contribution in [3.63, 3.8) is 0 Å². The van der Waals surface area contributed by atoms with E-state index in [0.29, 0.717) is 12.0 Å². The van der Waals surface area contributed by atoms with Crippen molar-refractivity contribution < 1.29 is 5.11 Å². The van der Waals surface area contributed by atoms with Gasteiger partial charge in [0.05, 0.1) is 6.10 Å². The molecule has 20 heavy (non-hydrogen) atoms. The fourth-order valence-electron chi connectivity index (χ4n) is 4.25. The van der Waals surface area contributed by atoms with E-state index in [1.54, 1.807) is 0 Å². The van der Waals surface area contributed by atoms with Crippen LogP contribution in [0, 0.1) is 5.92 Å². The van der Waals surface area contributed by atoms with Crippen LogP contribution in [-0.2, 0) is 0 Å². The maximum atomic E-state index is 10.3. The minimum atomic E-state index is -0.104. The molecule has 1 saturated heterocycles. The number of hydrogen-bond acceptors (Lipinski definition) is 3. The summed E-state index contributed by atoms with van der Waals surface area (Å²) >= 11 is 0. The maximum Gasteiger partial charge on any atom is 0.0578 e. The van der Waals surface area contributed by atoms with Gasteiger partial charge in [-0.3, -0.25) is 4.90 Å². The zero-order valence-electron chi connectivity index (χ0n) is 13.1. The average Bonchev–Trinajstić information content (AvgIpc) is 3.32. The second-order valence-corrected chi connectivity index (χ2v) is 7.35. The third kappa shape index (κ3) is 3.75. The predicted molar refractivity (Wildman–Crippen MR) is 82.8 cm³/mol. The molecule has 0 aromatic heterocycles. The van der Waals surface area contributed by atoms with Gasteiger partial charge in [0.2, 0.25) is 0 Å². The van der Waals surface area contributed by atoms with Crippen molar-refractivity contribution in [1.29, 1.82) is 0 Å². The first-order valence-electron chi connectivity index (χ1n) is 8.94. The Bertz CT molecular complexity index is 297. The van der Waals surface area contributed by atoms with E-state index in [1.807, 2.05) is 0 Å². The van der Waals surface area contributed by atoms with Crippen molar-refractivity contribution in [3.8, 4) is 0 Å². The smallest absolute Gasteiger partial charge is 0.0578 e. The highest BCUT2D eigenvalue weighted by molar-refractivity contribution is 4.94. The lowest BCUT2D eigenvalue weighted by Gasteiger charge is -2.42. The molecule has 2 saturated carbocycles. The van der Waals surface area contributed by atoms with E-state index in [-0.39, 0.29) is 6.10 Å². The molecule has 2 N–H and O–H groups in total. The summed E-state index contributed by atoms with van der Waals surface area (Å²) in [4.78, 5) is 2.66. The minimum Gasteiger partial charge on any atom is -0.393 e. The number of hydrogen-bond donors (Lipinski definition) is 2. The molecule has 3 atom stereocenters. The molecule has 0 spiro atoms. The Morgan fingerprint density at radius 2 is 1.80 bits per heavy atom. The van der Waals surface area contributed by atoms with Crippen LogP contribution < -0.4 is 5.32 Å². The number of nitrogens with zero attached hydrogens (tertiary/aromatic N) is 1.